The SMILES string of the molecule is c1nc2ccc(C3CCNC3)cn2n1. The van der Waals surface area contributed by atoms with Crippen molar-refractivity contribution in [3.63, 3.8) is 0 Å². The van der Waals surface area contributed by atoms with Gasteiger partial charge in [-0.05, 0) is 30.5 Å². The second-order valence-corrected chi connectivity index (χ2v) is 3.71. The molecule has 1 fully saturated rings. The summed E-state index contributed by atoms with van der Waals surface area (Å²) in [5, 5.41) is 7.50. The molecule has 0 bridgehead atoms. The van der Waals surface area contributed by atoms with E-state index in [0.717, 1.165) is 18.7 Å². The van der Waals surface area contributed by atoms with Crippen LogP contribution in [0.3, 0.4) is 0 Å². The predicted molar refractivity (Wildman–Crippen MR) is 53.2 cm³/mol. The first-order chi connectivity index (χ1) is 6.93. The maximum atomic E-state index is 4.14. The molecule has 1 aliphatic heterocycles. The highest BCUT2D eigenvalue weighted by Gasteiger charge is 2.16. The predicted octanol–water partition coefficient (Wildman–Crippen LogP) is 0.806. The van der Waals surface area contributed by atoms with Crippen LogP contribution in [-0.2, 0) is 0 Å². The molecule has 0 saturated carbocycles. The van der Waals surface area contributed by atoms with Crippen molar-refractivity contribution in [3.05, 3.63) is 30.2 Å². The second kappa shape index (κ2) is 3.06. The van der Waals surface area contributed by atoms with Gasteiger partial charge in [0.1, 0.15) is 6.33 Å². The van der Waals surface area contributed by atoms with E-state index in [1.54, 1.807) is 6.33 Å². The Hall–Kier alpha value is -1.42. The molecule has 1 atom stereocenters. The minimum Gasteiger partial charge on any atom is -0.316 e. The van der Waals surface area contributed by atoms with Crippen LogP contribution in [0, 0.1) is 0 Å². The summed E-state index contributed by atoms with van der Waals surface area (Å²) in [6.07, 6.45) is 4.90. The minimum absolute atomic E-state index is 0.642. The molecular formula is C10H12N4. The van der Waals surface area contributed by atoms with Gasteiger partial charge in [0.05, 0.1) is 0 Å². The quantitative estimate of drug-likeness (QED) is 0.720. The van der Waals surface area contributed by atoms with Gasteiger partial charge in [-0.15, -0.1) is 0 Å². The molecule has 4 heteroatoms. The molecule has 1 saturated heterocycles. The fourth-order valence-corrected chi connectivity index (χ4v) is 2.01. The molecule has 2 aromatic heterocycles. The molecular weight excluding hydrogens is 176 g/mol. The molecule has 1 unspecified atom stereocenters. The normalized spacial score (nSPS) is 21.9. The van der Waals surface area contributed by atoms with E-state index < -0.39 is 0 Å². The molecule has 0 amide bonds. The first-order valence-corrected chi connectivity index (χ1v) is 4.93. The standard InChI is InChI=1S/C10H12N4/c1-2-10-12-7-13-14(10)6-9(1)8-3-4-11-5-8/h1-2,6-8,11H,3-5H2. The first-order valence-electron chi connectivity index (χ1n) is 4.93. The van der Waals surface area contributed by atoms with Crippen LogP contribution in [0.2, 0.25) is 0 Å². The topological polar surface area (TPSA) is 42.2 Å². The number of hydrogen-bond acceptors (Lipinski definition) is 3. The van der Waals surface area contributed by atoms with Gasteiger partial charge in [0.15, 0.2) is 5.65 Å². The fourth-order valence-electron chi connectivity index (χ4n) is 2.01. The van der Waals surface area contributed by atoms with E-state index in [0.29, 0.717) is 5.92 Å². The molecule has 0 spiro atoms. The summed E-state index contributed by atoms with van der Waals surface area (Å²) in [5.74, 6) is 0.642. The molecule has 0 aliphatic carbocycles. The van der Waals surface area contributed by atoms with Crippen molar-refractivity contribution >= 4 is 5.65 Å². The van der Waals surface area contributed by atoms with E-state index in [4.69, 9.17) is 0 Å². The highest BCUT2D eigenvalue weighted by molar-refractivity contribution is 5.38. The summed E-state index contributed by atoms with van der Waals surface area (Å²) in [5.41, 5.74) is 2.27. The largest absolute Gasteiger partial charge is 0.316 e. The number of rotatable bonds is 1. The Bertz CT molecular complexity index is 442. The molecule has 2 aromatic rings. The average Bonchev–Trinajstić information content (AvgIpc) is 2.88. The van der Waals surface area contributed by atoms with Crippen molar-refractivity contribution in [2.45, 2.75) is 12.3 Å². The Kier molecular flexibility index (Phi) is 1.73. The Morgan fingerprint density at radius 1 is 1.43 bits per heavy atom. The fraction of sp³-hybridized carbons (Fsp3) is 0.400. The van der Waals surface area contributed by atoms with Gasteiger partial charge in [-0.2, -0.15) is 5.10 Å². The summed E-state index contributed by atoms with van der Waals surface area (Å²) in [6, 6.07) is 4.18. The molecule has 3 heterocycles. The number of pyridine rings is 1. The Morgan fingerprint density at radius 3 is 3.29 bits per heavy atom. The van der Waals surface area contributed by atoms with Gasteiger partial charge < -0.3 is 5.32 Å². The molecule has 0 aromatic carbocycles. The van der Waals surface area contributed by atoms with Gasteiger partial charge >= 0.3 is 0 Å². The zero-order valence-corrected chi connectivity index (χ0v) is 7.85. The van der Waals surface area contributed by atoms with E-state index in [1.807, 2.05) is 10.6 Å². The van der Waals surface area contributed by atoms with E-state index >= 15 is 0 Å². The van der Waals surface area contributed by atoms with Gasteiger partial charge in [0, 0.05) is 12.7 Å². The van der Waals surface area contributed by atoms with Crippen LogP contribution < -0.4 is 5.32 Å². The van der Waals surface area contributed by atoms with Crippen molar-refractivity contribution in [2.75, 3.05) is 13.1 Å². The van der Waals surface area contributed by atoms with Crippen LogP contribution >= 0.6 is 0 Å². The molecule has 0 radical (unpaired) electrons. The van der Waals surface area contributed by atoms with E-state index in [1.165, 1.54) is 12.0 Å². The molecule has 14 heavy (non-hydrogen) atoms. The van der Waals surface area contributed by atoms with Crippen molar-refractivity contribution in [2.24, 2.45) is 0 Å². The second-order valence-electron chi connectivity index (χ2n) is 3.71. The maximum absolute atomic E-state index is 4.14. The molecule has 3 rings (SSSR count). The molecule has 4 nitrogen and oxygen atoms in total. The highest BCUT2D eigenvalue weighted by Crippen LogP contribution is 2.21. The van der Waals surface area contributed by atoms with E-state index in [2.05, 4.69) is 27.7 Å². The third kappa shape index (κ3) is 1.19. The van der Waals surface area contributed by atoms with Gasteiger partial charge in [-0.25, -0.2) is 9.50 Å². The van der Waals surface area contributed by atoms with Crippen molar-refractivity contribution in [1.29, 1.82) is 0 Å². The number of nitrogens with one attached hydrogen (secondary N) is 1. The zero-order valence-electron chi connectivity index (χ0n) is 7.85. The number of hydrogen-bond donors (Lipinski definition) is 1. The lowest BCUT2D eigenvalue weighted by molar-refractivity contribution is 0.751. The highest BCUT2D eigenvalue weighted by atomic mass is 15.3. The van der Waals surface area contributed by atoms with Gasteiger partial charge in [0.2, 0.25) is 0 Å². The van der Waals surface area contributed by atoms with Crippen molar-refractivity contribution in [1.82, 2.24) is 19.9 Å². The summed E-state index contributed by atoms with van der Waals surface area (Å²) in [6.45, 7) is 2.21. The average molecular weight is 188 g/mol. The number of fused-ring (bicyclic) bond motifs is 1. The van der Waals surface area contributed by atoms with Crippen LogP contribution in [-0.4, -0.2) is 27.7 Å². The maximum Gasteiger partial charge on any atom is 0.155 e. The smallest absolute Gasteiger partial charge is 0.155 e. The Labute approximate surface area is 82.0 Å². The number of aromatic nitrogens is 3. The van der Waals surface area contributed by atoms with E-state index in [9.17, 15) is 0 Å². The molecule has 1 N–H and O–H groups in total. The van der Waals surface area contributed by atoms with Crippen LogP contribution in [0.15, 0.2) is 24.7 Å². The van der Waals surface area contributed by atoms with Gasteiger partial charge in [-0.1, -0.05) is 6.07 Å². The zero-order chi connectivity index (χ0) is 9.38. The lowest BCUT2D eigenvalue weighted by atomic mass is 10.0. The minimum atomic E-state index is 0.642. The molecule has 1 aliphatic rings. The first kappa shape index (κ1) is 7.94. The van der Waals surface area contributed by atoms with Crippen LogP contribution in [0.1, 0.15) is 17.9 Å². The number of nitrogens with zero attached hydrogens (tertiary/aromatic N) is 3. The van der Waals surface area contributed by atoms with Crippen LogP contribution in [0.5, 0.6) is 0 Å². The molecule has 72 valence electrons. The lowest BCUT2D eigenvalue weighted by Crippen LogP contribution is -2.08. The van der Waals surface area contributed by atoms with Crippen LogP contribution in [0.4, 0.5) is 0 Å². The third-order valence-electron chi connectivity index (χ3n) is 2.83. The Morgan fingerprint density at radius 2 is 2.43 bits per heavy atom. The Balaban J connectivity index is 2.04. The van der Waals surface area contributed by atoms with Gasteiger partial charge in [-0.3, -0.25) is 0 Å². The summed E-state index contributed by atoms with van der Waals surface area (Å²) >= 11 is 0. The van der Waals surface area contributed by atoms with Crippen molar-refractivity contribution in [3.8, 4) is 0 Å². The summed E-state index contributed by atoms with van der Waals surface area (Å²) in [7, 11) is 0. The third-order valence-corrected chi connectivity index (χ3v) is 2.83. The monoisotopic (exact) mass is 188 g/mol. The van der Waals surface area contributed by atoms with Gasteiger partial charge in [0.25, 0.3) is 0 Å². The summed E-state index contributed by atoms with van der Waals surface area (Å²) < 4.78 is 1.84. The van der Waals surface area contributed by atoms with Crippen molar-refractivity contribution < 1.29 is 0 Å². The summed E-state index contributed by atoms with van der Waals surface area (Å²) in [4.78, 5) is 4.12. The van der Waals surface area contributed by atoms with Crippen LogP contribution in [0.25, 0.3) is 5.65 Å². The van der Waals surface area contributed by atoms with E-state index in [-0.39, 0.29) is 0 Å². The lowest BCUT2D eigenvalue weighted by Gasteiger charge is -2.07.